The van der Waals surface area contributed by atoms with Crippen LogP contribution in [0.2, 0.25) is 0 Å². The predicted octanol–water partition coefficient (Wildman–Crippen LogP) is 3.28. The van der Waals surface area contributed by atoms with E-state index in [1.807, 2.05) is 0 Å². The van der Waals surface area contributed by atoms with Crippen LogP contribution in [0.25, 0.3) is 0 Å². The van der Waals surface area contributed by atoms with Crippen LogP contribution in [0, 0.1) is 5.92 Å². The van der Waals surface area contributed by atoms with Crippen molar-refractivity contribution in [3.8, 4) is 0 Å². The minimum atomic E-state index is -0.0194. The van der Waals surface area contributed by atoms with Gasteiger partial charge in [-0.2, -0.15) is 0 Å². The van der Waals surface area contributed by atoms with Gasteiger partial charge in [0.15, 0.2) is 0 Å². The second-order valence-electron chi connectivity index (χ2n) is 4.33. The molecule has 2 atom stereocenters. The smallest absolute Gasteiger partial charge is 0.0543 e. The fraction of sp³-hybridized carbons (Fsp3) is 0.833. The molecular formula is C12H22O. The molecule has 13 heavy (non-hydrogen) atoms. The third-order valence-electron chi connectivity index (χ3n) is 3.11. The van der Waals surface area contributed by atoms with Crippen LogP contribution in [0.5, 0.6) is 0 Å². The first-order valence-electron chi connectivity index (χ1n) is 5.56. The van der Waals surface area contributed by atoms with Gasteiger partial charge in [-0.15, -0.1) is 0 Å². The maximum Gasteiger partial charge on any atom is 0.0543 e. The molecule has 1 nitrogen and oxygen atoms in total. The molecule has 0 aromatic rings. The van der Waals surface area contributed by atoms with E-state index < -0.39 is 0 Å². The van der Waals surface area contributed by atoms with Crippen molar-refractivity contribution in [3.63, 3.8) is 0 Å². The van der Waals surface area contributed by atoms with Crippen LogP contribution in [-0.2, 0) is 0 Å². The summed E-state index contributed by atoms with van der Waals surface area (Å²) in [5.74, 6) is 0.741. The fourth-order valence-corrected chi connectivity index (χ4v) is 1.99. The summed E-state index contributed by atoms with van der Waals surface area (Å²) in [6, 6.07) is 0. The Kier molecular flexibility index (Phi) is 4.51. The van der Waals surface area contributed by atoms with Crippen LogP contribution in [0.3, 0.4) is 0 Å². The Morgan fingerprint density at radius 2 is 2.23 bits per heavy atom. The van der Waals surface area contributed by atoms with Crippen LogP contribution >= 0.6 is 0 Å². The molecule has 0 amide bonds. The average Bonchev–Trinajstić information content (AvgIpc) is 2.14. The number of hydrogen-bond acceptors (Lipinski definition) is 1. The minimum absolute atomic E-state index is 0.0194. The van der Waals surface area contributed by atoms with E-state index in [-0.39, 0.29) is 6.10 Å². The first-order chi connectivity index (χ1) is 6.22. The summed E-state index contributed by atoms with van der Waals surface area (Å²) in [7, 11) is 0. The van der Waals surface area contributed by atoms with Crippen molar-refractivity contribution < 1.29 is 5.11 Å². The van der Waals surface area contributed by atoms with Crippen LogP contribution in [0.15, 0.2) is 11.6 Å². The molecule has 1 heteroatoms. The third-order valence-corrected chi connectivity index (χ3v) is 3.11. The van der Waals surface area contributed by atoms with Crippen molar-refractivity contribution in [2.75, 3.05) is 0 Å². The lowest BCUT2D eigenvalue weighted by Crippen LogP contribution is -2.18. The van der Waals surface area contributed by atoms with Gasteiger partial charge in [-0.25, -0.2) is 0 Å². The normalized spacial score (nSPS) is 30.5. The maximum absolute atomic E-state index is 9.48. The monoisotopic (exact) mass is 182 g/mol. The second-order valence-corrected chi connectivity index (χ2v) is 4.33. The molecular weight excluding hydrogens is 160 g/mol. The highest BCUT2D eigenvalue weighted by Crippen LogP contribution is 2.27. The third kappa shape index (κ3) is 3.95. The quantitative estimate of drug-likeness (QED) is 0.664. The standard InChI is InChI=1S/C12H22O/c1-3-10(2)7-8-11-5-4-6-12(13)9-11/h7,11-13H,3-6,8-9H2,1-2H3/b10-7-. The Hall–Kier alpha value is -0.300. The Labute approximate surface area is 81.9 Å². The molecule has 1 saturated carbocycles. The number of aliphatic hydroxyl groups excluding tert-OH is 1. The van der Waals surface area contributed by atoms with Crippen molar-refractivity contribution in [1.29, 1.82) is 0 Å². The van der Waals surface area contributed by atoms with Crippen LogP contribution in [0.1, 0.15) is 52.4 Å². The molecule has 1 fully saturated rings. The maximum atomic E-state index is 9.48. The Bertz CT molecular complexity index is 172. The lowest BCUT2D eigenvalue weighted by Gasteiger charge is -2.24. The van der Waals surface area contributed by atoms with Gasteiger partial charge in [-0.05, 0) is 44.9 Å². The molecule has 0 saturated heterocycles. The van der Waals surface area contributed by atoms with Gasteiger partial charge in [0.2, 0.25) is 0 Å². The Balaban J connectivity index is 2.28. The molecule has 0 radical (unpaired) electrons. The van der Waals surface area contributed by atoms with Crippen LogP contribution in [-0.4, -0.2) is 11.2 Å². The fourth-order valence-electron chi connectivity index (χ4n) is 1.99. The molecule has 1 rings (SSSR count). The molecule has 0 spiro atoms. The van der Waals surface area contributed by atoms with Crippen molar-refractivity contribution in [3.05, 3.63) is 11.6 Å². The van der Waals surface area contributed by atoms with E-state index in [2.05, 4.69) is 19.9 Å². The summed E-state index contributed by atoms with van der Waals surface area (Å²) >= 11 is 0. The van der Waals surface area contributed by atoms with Crippen molar-refractivity contribution >= 4 is 0 Å². The number of hydrogen-bond donors (Lipinski definition) is 1. The van der Waals surface area contributed by atoms with Gasteiger partial charge in [0.05, 0.1) is 6.10 Å². The topological polar surface area (TPSA) is 20.2 Å². The Morgan fingerprint density at radius 3 is 2.85 bits per heavy atom. The molecule has 1 aliphatic rings. The van der Waals surface area contributed by atoms with E-state index in [0.29, 0.717) is 0 Å². The highest BCUT2D eigenvalue weighted by Gasteiger charge is 2.18. The van der Waals surface area contributed by atoms with Gasteiger partial charge < -0.3 is 5.11 Å². The zero-order chi connectivity index (χ0) is 9.68. The predicted molar refractivity (Wildman–Crippen MR) is 56.6 cm³/mol. The number of rotatable bonds is 3. The largest absolute Gasteiger partial charge is 0.393 e. The van der Waals surface area contributed by atoms with Crippen molar-refractivity contribution in [2.24, 2.45) is 5.92 Å². The summed E-state index contributed by atoms with van der Waals surface area (Å²) in [5.41, 5.74) is 1.49. The summed E-state index contributed by atoms with van der Waals surface area (Å²) in [4.78, 5) is 0. The summed E-state index contributed by atoms with van der Waals surface area (Å²) in [5, 5.41) is 9.48. The van der Waals surface area contributed by atoms with E-state index in [9.17, 15) is 5.11 Å². The lowest BCUT2D eigenvalue weighted by atomic mass is 9.85. The molecule has 2 unspecified atom stereocenters. The van der Waals surface area contributed by atoms with Crippen molar-refractivity contribution in [2.45, 2.75) is 58.5 Å². The molecule has 1 aliphatic carbocycles. The van der Waals surface area contributed by atoms with Gasteiger partial charge in [0.25, 0.3) is 0 Å². The van der Waals surface area contributed by atoms with Gasteiger partial charge in [-0.1, -0.05) is 25.0 Å². The summed E-state index contributed by atoms with van der Waals surface area (Å²) < 4.78 is 0. The van der Waals surface area contributed by atoms with Crippen LogP contribution < -0.4 is 0 Å². The van der Waals surface area contributed by atoms with Crippen LogP contribution in [0.4, 0.5) is 0 Å². The van der Waals surface area contributed by atoms with E-state index in [1.54, 1.807) is 0 Å². The first kappa shape index (κ1) is 10.8. The second kappa shape index (κ2) is 5.43. The van der Waals surface area contributed by atoms with Gasteiger partial charge >= 0.3 is 0 Å². The van der Waals surface area contributed by atoms with E-state index in [1.165, 1.54) is 24.8 Å². The number of allylic oxidation sites excluding steroid dienone is 2. The average molecular weight is 182 g/mol. The highest BCUT2D eigenvalue weighted by atomic mass is 16.3. The zero-order valence-corrected chi connectivity index (χ0v) is 8.92. The Morgan fingerprint density at radius 1 is 1.46 bits per heavy atom. The van der Waals surface area contributed by atoms with Gasteiger partial charge in [0, 0.05) is 0 Å². The molecule has 0 aromatic heterocycles. The van der Waals surface area contributed by atoms with E-state index in [4.69, 9.17) is 0 Å². The SMILES string of the molecule is CC/C(C)=C\CC1CCCC(O)C1. The molecule has 0 bridgehead atoms. The first-order valence-corrected chi connectivity index (χ1v) is 5.56. The molecule has 1 N–H and O–H groups in total. The minimum Gasteiger partial charge on any atom is -0.393 e. The summed E-state index contributed by atoms with van der Waals surface area (Å²) in [6.45, 7) is 4.39. The molecule has 0 aliphatic heterocycles. The zero-order valence-electron chi connectivity index (χ0n) is 8.92. The van der Waals surface area contributed by atoms with Crippen molar-refractivity contribution in [1.82, 2.24) is 0 Å². The molecule has 0 aromatic carbocycles. The number of aliphatic hydroxyl groups is 1. The van der Waals surface area contributed by atoms with E-state index in [0.717, 1.165) is 25.2 Å². The molecule has 0 heterocycles. The van der Waals surface area contributed by atoms with Gasteiger partial charge in [0.1, 0.15) is 0 Å². The van der Waals surface area contributed by atoms with E-state index >= 15 is 0 Å². The van der Waals surface area contributed by atoms with Gasteiger partial charge in [-0.3, -0.25) is 0 Å². The lowest BCUT2D eigenvalue weighted by molar-refractivity contribution is 0.102. The highest BCUT2D eigenvalue weighted by molar-refractivity contribution is 4.97. The molecule has 76 valence electrons. The summed E-state index contributed by atoms with van der Waals surface area (Å²) in [6.07, 6.45) is 9.24.